The zero-order valence-corrected chi connectivity index (χ0v) is 12.1. The Labute approximate surface area is 115 Å². The highest BCUT2D eigenvalue weighted by atomic mass is 35.5. The highest BCUT2D eigenvalue weighted by molar-refractivity contribution is 6.31. The molecular formula is C14H23ClN2O. The van der Waals surface area contributed by atoms with Gasteiger partial charge in [-0.3, -0.25) is 4.90 Å². The smallest absolute Gasteiger partial charge is 0.0791 e. The highest BCUT2D eigenvalue weighted by Crippen LogP contribution is 2.16. The molecule has 0 saturated heterocycles. The van der Waals surface area contributed by atoms with Crippen molar-refractivity contribution in [1.82, 2.24) is 10.2 Å². The lowest BCUT2D eigenvalue weighted by Crippen LogP contribution is -2.38. The first-order valence-electron chi connectivity index (χ1n) is 6.32. The Morgan fingerprint density at radius 3 is 2.61 bits per heavy atom. The quantitative estimate of drug-likeness (QED) is 0.797. The molecule has 0 radical (unpaired) electrons. The summed E-state index contributed by atoms with van der Waals surface area (Å²) >= 11 is 6.11. The van der Waals surface area contributed by atoms with E-state index in [1.165, 1.54) is 0 Å². The van der Waals surface area contributed by atoms with Crippen molar-refractivity contribution in [2.75, 3.05) is 20.1 Å². The predicted molar refractivity (Wildman–Crippen MR) is 76.9 cm³/mol. The molecule has 0 aliphatic heterocycles. The van der Waals surface area contributed by atoms with Crippen molar-refractivity contribution in [3.05, 3.63) is 34.9 Å². The normalized spacial score (nSPS) is 13.3. The number of hydrogen-bond donors (Lipinski definition) is 2. The molecule has 0 aromatic heterocycles. The summed E-state index contributed by atoms with van der Waals surface area (Å²) in [5, 5.41) is 13.9. The minimum atomic E-state index is -0.361. The zero-order valence-electron chi connectivity index (χ0n) is 11.4. The van der Waals surface area contributed by atoms with Gasteiger partial charge in [0.2, 0.25) is 0 Å². The molecule has 4 heteroatoms. The number of benzene rings is 1. The van der Waals surface area contributed by atoms with Crippen LogP contribution in [0.4, 0.5) is 0 Å². The monoisotopic (exact) mass is 270 g/mol. The molecule has 18 heavy (non-hydrogen) atoms. The van der Waals surface area contributed by atoms with Gasteiger partial charge in [0.1, 0.15) is 0 Å². The van der Waals surface area contributed by atoms with Crippen molar-refractivity contribution in [3.63, 3.8) is 0 Å². The van der Waals surface area contributed by atoms with Crippen molar-refractivity contribution in [3.8, 4) is 0 Å². The van der Waals surface area contributed by atoms with E-state index < -0.39 is 0 Å². The lowest BCUT2D eigenvalue weighted by molar-refractivity contribution is 0.119. The van der Waals surface area contributed by atoms with Crippen LogP contribution in [0.15, 0.2) is 24.3 Å². The van der Waals surface area contributed by atoms with E-state index in [1.54, 1.807) is 0 Å². The van der Waals surface area contributed by atoms with Gasteiger partial charge in [0.05, 0.1) is 6.10 Å². The maximum Gasteiger partial charge on any atom is 0.0791 e. The molecule has 1 aromatic carbocycles. The van der Waals surface area contributed by atoms with Crippen LogP contribution < -0.4 is 5.32 Å². The van der Waals surface area contributed by atoms with Crippen LogP contribution in [0.1, 0.15) is 19.4 Å². The molecule has 1 aromatic rings. The summed E-state index contributed by atoms with van der Waals surface area (Å²) in [6.07, 6.45) is -0.361. The SMILES string of the molecule is CC(C)NCC(O)CN(C)Cc1ccccc1Cl. The van der Waals surface area contributed by atoms with E-state index >= 15 is 0 Å². The molecule has 1 rings (SSSR count). The Kier molecular flexibility index (Phi) is 6.65. The van der Waals surface area contributed by atoms with Gasteiger partial charge in [-0.25, -0.2) is 0 Å². The molecule has 0 saturated carbocycles. The van der Waals surface area contributed by atoms with E-state index in [9.17, 15) is 5.11 Å². The van der Waals surface area contributed by atoms with Crippen LogP contribution in [0, 0.1) is 0 Å². The van der Waals surface area contributed by atoms with Gasteiger partial charge in [-0.15, -0.1) is 0 Å². The van der Waals surface area contributed by atoms with E-state index in [1.807, 2.05) is 31.3 Å². The number of aliphatic hydroxyl groups is 1. The molecule has 0 aliphatic carbocycles. The van der Waals surface area contributed by atoms with Crippen molar-refractivity contribution < 1.29 is 5.11 Å². The van der Waals surface area contributed by atoms with Crippen molar-refractivity contribution in [1.29, 1.82) is 0 Å². The molecule has 0 aliphatic rings. The molecule has 1 unspecified atom stereocenters. The fourth-order valence-corrected chi connectivity index (χ4v) is 1.97. The first-order valence-corrected chi connectivity index (χ1v) is 6.70. The van der Waals surface area contributed by atoms with E-state index in [4.69, 9.17) is 11.6 Å². The Hall–Kier alpha value is -0.610. The van der Waals surface area contributed by atoms with Crippen LogP contribution in [0.25, 0.3) is 0 Å². The van der Waals surface area contributed by atoms with Gasteiger partial charge >= 0.3 is 0 Å². The summed E-state index contributed by atoms with van der Waals surface area (Å²) in [5.74, 6) is 0. The third-order valence-corrected chi connectivity index (χ3v) is 3.05. The van der Waals surface area contributed by atoms with Crippen LogP contribution in [0.3, 0.4) is 0 Å². The number of nitrogens with zero attached hydrogens (tertiary/aromatic N) is 1. The van der Waals surface area contributed by atoms with Crippen LogP contribution in [-0.4, -0.2) is 42.3 Å². The van der Waals surface area contributed by atoms with Crippen LogP contribution in [-0.2, 0) is 6.54 Å². The lowest BCUT2D eigenvalue weighted by Gasteiger charge is -2.22. The molecule has 3 nitrogen and oxygen atoms in total. The highest BCUT2D eigenvalue weighted by Gasteiger charge is 2.10. The number of likely N-dealkylation sites (N-methyl/N-ethyl adjacent to an activating group) is 1. The number of rotatable bonds is 7. The summed E-state index contributed by atoms with van der Waals surface area (Å²) in [5.41, 5.74) is 1.09. The summed E-state index contributed by atoms with van der Waals surface area (Å²) in [4.78, 5) is 2.08. The van der Waals surface area contributed by atoms with Gasteiger partial charge in [-0.05, 0) is 18.7 Å². The standard InChI is InChI=1S/C14H23ClN2O/c1-11(2)16-8-13(18)10-17(3)9-12-6-4-5-7-14(12)15/h4-7,11,13,16,18H,8-10H2,1-3H3. The second kappa shape index (κ2) is 7.74. The van der Waals surface area contributed by atoms with Gasteiger partial charge in [-0.2, -0.15) is 0 Å². The van der Waals surface area contributed by atoms with Crippen molar-refractivity contribution in [2.24, 2.45) is 0 Å². The van der Waals surface area contributed by atoms with Gasteiger partial charge in [-0.1, -0.05) is 43.6 Å². The maximum absolute atomic E-state index is 9.88. The summed E-state index contributed by atoms with van der Waals surface area (Å²) < 4.78 is 0. The number of hydrogen-bond acceptors (Lipinski definition) is 3. The van der Waals surface area contributed by atoms with Gasteiger partial charge in [0, 0.05) is 30.7 Å². The Bertz CT molecular complexity index is 357. The third-order valence-electron chi connectivity index (χ3n) is 2.68. The van der Waals surface area contributed by atoms with Crippen LogP contribution >= 0.6 is 11.6 Å². The summed E-state index contributed by atoms with van der Waals surface area (Å²) in [7, 11) is 1.99. The molecule has 0 amide bonds. The van der Waals surface area contributed by atoms with Gasteiger partial charge in [0.15, 0.2) is 0 Å². The molecule has 0 fully saturated rings. The molecule has 0 bridgehead atoms. The van der Waals surface area contributed by atoms with Crippen molar-refractivity contribution in [2.45, 2.75) is 32.5 Å². The van der Waals surface area contributed by atoms with Crippen LogP contribution in [0.2, 0.25) is 5.02 Å². The Balaban J connectivity index is 2.37. The second-order valence-electron chi connectivity index (χ2n) is 5.00. The number of nitrogens with one attached hydrogen (secondary N) is 1. The summed E-state index contributed by atoms with van der Waals surface area (Å²) in [6, 6.07) is 8.20. The fraction of sp³-hybridized carbons (Fsp3) is 0.571. The largest absolute Gasteiger partial charge is 0.390 e. The summed E-state index contributed by atoms with van der Waals surface area (Å²) in [6.45, 7) is 6.13. The van der Waals surface area contributed by atoms with Gasteiger partial charge < -0.3 is 10.4 Å². The average Bonchev–Trinajstić information content (AvgIpc) is 2.29. The first kappa shape index (κ1) is 15.4. The molecular weight excluding hydrogens is 248 g/mol. The molecule has 0 heterocycles. The van der Waals surface area contributed by atoms with Crippen molar-refractivity contribution >= 4 is 11.6 Å². The molecule has 2 N–H and O–H groups in total. The Morgan fingerprint density at radius 2 is 2.00 bits per heavy atom. The Morgan fingerprint density at radius 1 is 1.33 bits per heavy atom. The predicted octanol–water partition coefficient (Wildman–Crippen LogP) is 2.13. The van der Waals surface area contributed by atoms with E-state index in [0.717, 1.165) is 17.1 Å². The molecule has 0 spiro atoms. The lowest BCUT2D eigenvalue weighted by atomic mass is 10.2. The zero-order chi connectivity index (χ0) is 13.5. The van der Waals surface area contributed by atoms with E-state index in [-0.39, 0.29) is 6.10 Å². The second-order valence-corrected chi connectivity index (χ2v) is 5.41. The fourth-order valence-electron chi connectivity index (χ4n) is 1.78. The maximum atomic E-state index is 9.88. The topological polar surface area (TPSA) is 35.5 Å². The first-order chi connectivity index (χ1) is 8.49. The van der Waals surface area contributed by atoms with E-state index in [0.29, 0.717) is 19.1 Å². The third kappa shape index (κ3) is 5.83. The molecule has 102 valence electrons. The number of halogens is 1. The number of aliphatic hydroxyl groups excluding tert-OH is 1. The van der Waals surface area contributed by atoms with Gasteiger partial charge in [0.25, 0.3) is 0 Å². The average molecular weight is 271 g/mol. The van der Waals surface area contributed by atoms with Crippen LogP contribution in [0.5, 0.6) is 0 Å². The van der Waals surface area contributed by atoms with E-state index in [2.05, 4.69) is 24.1 Å². The molecule has 1 atom stereocenters. The minimum absolute atomic E-state index is 0.361. The minimum Gasteiger partial charge on any atom is -0.390 e.